The third-order valence-corrected chi connectivity index (χ3v) is 8.02. The van der Waals surface area contributed by atoms with Crippen LogP contribution in [0, 0.1) is 27.7 Å². The number of hydrogen-bond acceptors (Lipinski definition) is 3. The van der Waals surface area contributed by atoms with Crippen LogP contribution in [0.15, 0.2) is 41.3 Å². The van der Waals surface area contributed by atoms with Crippen molar-refractivity contribution in [2.45, 2.75) is 45.6 Å². The summed E-state index contributed by atoms with van der Waals surface area (Å²) in [4.78, 5) is 14.2. The lowest BCUT2D eigenvalue weighted by molar-refractivity contribution is -0.917. The highest BCUT2D eigenvalue weighted by molar-refractivity contribution is 7.89. The zero-order chi connectivity index (χ0) is 22.1. The minimum absolute atomic E-state index is 0.0394. The van der Waals surface area contributed by atoms with E-state index in [0.29, 0.717) is 31.1 Å². The van der Waals surface area contributed by atoms with Crippen molar-refractivity contribution < 1.29 is 18.1 Å². The number of nitrogens with one attached hydrogen (secondary N) is 2. The summed E-state index contributed by atoms with van der Waals surface area (Å²) in [7, 11) is -3.51. The van der Waals surface area contributed by atoms with Gasteiger partial charge in [-0.05, 0) is 69.5 Å². The van der Waals surface area contributed by atoms with Crippen molar-refractivity contribution in [3.63, 3.8) is 0 Å². The molecule has 0 bridgehead atoms. The maximum atomic E-state index is 13.0. The Morgan fingerprint density at radius 3 is 2.23 bits per heavy atom. The number of hydrogen-bond donors (Lipinski definition) is 2. The van der Waals surface area contributed by atoms with E-state index in [9.17, 15) is 13.2 Å². The van der Waals surface area contributed by atoms with Gasteiger partial charge in [0.15, 0.2) is 6.04 Å². The van der Waals surface area contributed by atoms with Crippen LogP contribution < -0.4 is 10.2 Å². The molecule has 1 saturated heterocycles. The van der Waals surface area contributed by atoms with E-state index in [4.69, 9.17) is 0 Å². The SMILES string of the molecule is Cc1ccc(NC(=O)[C@H](C)[NH+]2CCN(S(=O)(=O)c3ccc(C)c(C)c3)CC2)c(C)c1. The maximum absolute atomic E-state index is 13.0. The van der Waals surface area contributed by atoms with E-state index in [0.717, 1.165) is 32.8 Å². The molecule has 1 aliphatic heterocycles. The summed E-state index contributed by atoms with van der Waals surface area (Å²) in [5.74, 6) is -0.0394. The van der Waals surface area contributed by atoms with Gasteiger partial charge >= 0.3 is 0 Å². The van der Waals surface area contributed by atoms with E-state index in [2.05, 4.69) is 5.32 Å². The third-order valence-electron chi connectivity index (χ3n) is 6.13. The largest absolute Gasteiger partial charge is 0.323 e. The van der Waals surface area contributed by atoms with Gasteiger partial charge in [0, 0.05) is 5.69 Å². The number of sulfonamides is 1. The molecule has 1 aliphatic rings. The molecule has 0 unspecified atom stereocenters. The van der Waals surface area contributed by atoms with Gasteiger partial charge in [-0.1, -0.05) is 23.8 Å². The van der Waals surface area contributed by atoms with Gasteiger partial charge in [0.25, 0.3) is 5.91 Å². The second-order valence-electron chi connectivity index (χ2n) is 8.34. The number of benzene rings is 2. The molecule has 0 spiro atoms. The molecular weight excluding hydrogens is 398 g/mol. The number of carbonyl (C=O) groups is 1. The van der Waals surface area contributed by atoms with Crippen LogP contribution in [0.1, 0.15) is 29.2 Å². The van der Waals surface area contributed by atoms with Gasteiger partial charge in [0.2, 0.25) is 10.0 Å². The minimum Gasteiger partial charge on any atom is -0.323 e. The number of anilines is 1. The van der Waals surface area contributed by atoms with E-state index in [1.165, 1.54) is 4.31 Å². The van der Waals surface area contributed by atoms with Crippen LogP contribution in [-0.4, -0.2) is 50.9 Å². The zero-order valence-corrected chi connectivity index (χ0v) is 19.3. The summed E-state index contributed by atoms with van der Waals surface area (Å²) in [5.41, 5.74) is 5.07. The molecule has 0 radical (unpaired) electrons. The van der Waals surface area contributed by atoms with Crippen LogP contribution in [-0.2, 0) is 14.8 Å². The molecule has 162 valence electrons. The first kappa shape index (κ1) is 22.5. The van der Waals surface area contributed by atoms with Crippen LogP contribution in [0.2, 0.25) is 0 Å². The molecule has 1 amide bonds. The quantitative estimate of drug-likeness (QED) is 0.760. The topological polar surface area (TPSA) is 70.9 Å². The van der Waals surface area contributed by atoms with Gasteiger partial charge in [-0.3, -0.25) is 4.79 Å². The van der Waals surface area contributed by atoms with E-state index in [1.54, 1.807) is 12.1 Å². The highest BCUT2D eigenvalue weighted by Gasteiger charge is 2.34. The Balaban J connectivity index is 1.62. The third kappa shape index (κ3) is 4.74. The van der Waals surface area contributed by atoms with Crippen molar-refractivity contribution in [2.24, 2.45) is 0 Å². The molecular formula is C23H32N3O3S+. The van der Waals surface area contributed by atoms with Crippen molar-refractivity contribution in [3.05, 3.63) is 58.7 Å². The maximum Gasteiger partial charge on any atom is 0.282 e. The van der Waals surface area contributed by atoms with E-state index in [1.807, 2.05) is 58.9 Å². The minimum atomic E-state index is -3.51. The van der Waals surface area contributed by atoms with Gasteiger partial charge in [-0.25, -0.2) is 8.42 Å². The number of carbonyl (C=O) groups excluding carboxylic acids is 1. The Hall–Kier alpha value is -2.22. The van der Waals surface area contributed by atoms with E-state index < -0.39 is 10.0 Å². The van der Waals surface area contributed by atoms with Gasteiger partial charge in [-0.15, -0.1) is 0 Å². The summed E-state index contributed by atoms with van der Waals surface area (Å²) in [5, 5.41) is 3.02. The fourth-order valence-electron chi connectivity index (χ4n) is 3.85. The fourth-order valence-corrected chi connectivity index (χ4v) is 5.38. The van der Waals surface area contributed by atoms with E-state index >= 15 is 0 Å². The van der Waals surface area contributed by atoms with Gasteiger partial charge in [-0.2, -0.15) is 4.31 Å². The van der Waals surface area contributed by atoms with Crippen LogP contribution in [0.4, 0.5) is 5.69 Å². The summed E-state index contributed by atoms with van der Waals surface area (Å²) in [6.07, 6.45) is 0. The molecule has 2 N–H and O–H groups in total. The lowest BCUT2D eigenvalue weighted by atomic mass is 10.1. The number of quaternary nitrogens is 1. The molecule has 0 aliphatic carbocycles. The number of amides is 1. The Labute approximate surface area is 179 Å². The van der Waals surface area contributed by atoms with Crippen molar-refractivity contribution in [1.29, 1.82) is 0 Å². The first-order valence-electron chi connectivity index (χ1n) is 10.4. The summed E-state index contributed by atoms with van der Waals surface area (Å²) >= 11 is 0. The molecule has 30 heavy (non-hydrogen) atoms. The first-order chi connectivity index (χ1) is 14.1. The van der Waals surface area contributed by atoms with Crippen molar-refractivity contribution in [1.82, 2.24) is 4.31 Å². The second kappa shape index (κ2) is 8.88. The normalized spacial score (nSPS) is 17.0. The smallest absolute Gasteiger partial charge is 0.282 e. The van der Waals surface area contributed by atoms with Crippen molar-refractivity contribution in [2.75, 3.05) is 31.5 Å². The zero-order valence-electron chi connectivity index (χ0n) is 18.5. The number of rotatable bonds is 5. The Morgan fingerprint density at radius 2 is 1.63 bits per heavy atom. The lowest BCUT2D eigenvalue weighted by Crippen LogP contribution is -3.19. The first-order valence-corrected chi connectivity index (χ1v) is 11.8. The van der Waals surface area contributed by atoms with Crippen LogP contribution in [0.25, 0.3) is 0 Å². The molecule has 6 nitrogen and oxygen atoms in total. The molecule has 0 aromatic heterocycles. The molecule has 1 fully saturated rings. The van der Waals surface area contributed by atoms with Gasteiger partial charge < -0.3 is 10.2 Å². The standard InChI is InChI=1S/C23H31N3O3S/c1-16-6-9-22(19(4)14-16)24-23(27)20(5)25-10-12-26(13-11-25)30(28,29)21-8-7-17(2)18(3)15-21/h6-9,14-15,20H,10-13H2,1-5H3,(H,24,27)/p+1/t20-/m0/s1. The Bertz CT molecular complexity index is 1040. The summed E-state index contributed by atoms with van der Waals surface area (Å²) < 4.78 is 27.5. The molecule has 2 aromatic carbocycles. The van der Waals surface area contributed by atoms with Gasteiger partial charge in [0.05, 0.1) is 31.1 Å². The molecule has 3 rings (SSSR count). The average molecular weight is 431 g/mol. The predicted octanol–water partition coefficient (Wildman–Crippen LogP) is 1.84. The highest BCUT2D eigenvalue weighted by Crippen LogP contribution is 2.19. The van der Waals surface area contributed by atoms with Gasteiger partial charge in [0.1, 0.15) is 0 Å². The Morgan fingerprint density at radius 1 is 0.967 bits per heavy atom. The van der Waals surface area contributed by atoms with Crippen molar-refractivity contribution in [3.8, 4) is 0 Å². The molecule has 2 aromatic rings. The summed E-state index contributed by atoms with van der Waals surface area (Å²) in [6.45, 7) is 11.8. The van der Waals surface area contributed by atoms with Crippen LogP contribution in [0.5, 0.6) is 0 Å². The average Bonchev–Trinajstić information content (AvgIpc) is 2.71. The number of piperazine rings is 1. The van der Waals surface area contributed by atoms with Crippen LogP contribution >= 0.6 is 0 Å². The Kier molecular flexibility index (Phi) is 6.65. The highest BCUT2D eigenvalue weighted by atomic mass is 32.2. The number of aryl methyl sites for hydroxylation is 4. The predicted molar refractivity (Wildman–Crippen MR) is 119 cm³/mol. The second-order valence-corrected chi connectivity index (χ2v) is 10.3. The molecule has 0 saturated carbocycles. The lowest BCUT2D eigenvalue weighted by Gasteiger charge is -2.34. The van der Waals surface area contributed by atoms with E-state index in [-0.39, 0.29) is 11.9 Å². The molecule has 1 heterocycles. The monoisotopic (exact) mass is 430 g/mol. The fraction of sp³-hybridized carbons (Fsp3) is 0.435. The molecule has 7 heteroatoms. The van der Waals surface area contributed by atoms with Crippen LogP contribution in [0.3, 0.4) is 0 Å². The number of nitrogens with zero attached hydrogens (tertiary/aromatic N) is 1. The molecule has 1 atom stereocenters. The summed E-state index contributed by atoms with van der Waals surface area (Å²) in [6, 6.07) is 11.0. The van der Waals surface area contributed by atoms with Crippen molar-refractivity contribution >= 4 is 21.6 Å².